The topological polar surface area (TPSA) is 64.1 Å². The third kappa shape index (κ3) is 6.82. The summed E-state index contributed by atoms with van der Waals surface area (Å²) in [6.45, 7) is 7.60. The normalized spacial score (nSPS) is 13.9. The van der Waals surface area contributed by atoms with Gasteiger partial charge in [-0.3, -0.25) is 14.6 Å². The Labute approximate surface area is 211 Å². The molecule has 2 aromatic carbocycles. The standard InChI is InChI=1S/C25H31N3O4S.ClH/c1-3-32-20-7-5-19(6-8-20)17-24(29)28(12-4-11-27-13-15-31-16-14-27)25-26-22-18-21(30-2)9-10-23(22)33-25;/h5-10,18H,3-4,11-17H2,1-2H3;1H. The predicted molar refractivity (Wildman–Crippen MR) is 139 cm³/mol. The second-order valence-electron chi connectivity index (χ2n) is 7.94. The first-order valence-corrected chi connectivity index (χ1v) is 12.2. The van der Waals surface area contributed by atoms with Crippen molar-refractivity contribution in [2.75, 3.05) is 58.0 Å². The maximum atomic E-state index is 13.4. The van der Waals surface area contributed by atoms with Gasteiger partial charge in [-0.15, -0.1) is 12.4 Å². The van der Waals surface area contributed by atoms with E-state index in [-0.39, 0.29) is 18.3 Å². The first-order valence-electron chi connectivity index (χ1n) is 11.4. The monoisotopic (exact) mass is 505 g/mol. The number of morpholine rings is 1. The van der Waals surface area contributed by atoms with E-state index in [0.29, 0.717) is 19.6 Å². The van der Waals surface area contributed by atoms with Gasteiger partial charge in [-0.1, -0.05) is 23.5 Å². The van der Waals surface area contributed by atoms with Gasteiger partial charge < -0.3 is 14.2 Å². The minimum atomic E-state index is 0. The Morgan fingerprint density at radius 1 is 1.15 bits per heavy atom. The molecule has 4 rings (SSSR count). The van der Waals surface area contributed by atoms with Crippen molar-refractivity contribution in [3.05, 3.63) is 48.0 Å². The van der Waals surface area contributed by atoms with Gasteiger partial charge >= 0.3 is 0 Å². The zero-order valence-corrected chi connectivity index (χ0v) is 21.3. The molecule has 0 unspecified atom stereocenters. The van der Waals surface area contributed by atoms with Gasteiger partial charge in [-0.05, 0) is 43.2 Å². The number of fused-ring (bicyclic) bond motifs is 1. The number of hydrogen-bond donors (Lipinski definition) is 0. The molecule has 3 aromatic rings. The van der Waals surface area contributed by atoms with Crippen molar-refractivity contribution in [1.29, 1.82) is 0 Å². The second-order valence-corrected chi connectivity index (χ2v) is 8.95. The predicted octanol–water partition coefficient (Wildman–Crippen LogP) is 4.42. The molecule has 1 aliphatic rings. The van der Waals surface area contributed by atoms with Crippen LogP contribution < -0.4 is 14.4 Å². The molecule has 1 saturated heterocycles. The summed E-state index contributed by atoms with van der Waals surface area (Å²) >= 11 is 1.54. The number of nitrogens with zero attached hydrogens (tertiary/aromatic N) is 3. The van der Waals surface area contributed by atoms with Crippen LogP contribution >= 0.6 is 23.7 Å². The lowest BCUT2D eigenvalue weighted by atomic mass is 10.1. The van der Waals surface area contributed by atoms with Crippen LogP contribution in [0.5, 0.6) is 11.5 Å². The number of anilines is 1. The van der Waals surface area contributed by atoms with Crippen LogP contribution in [-0.2, 0) is 16.0 Å². The minimum absolute atomic E-state index is 0. The van der Waals surface area contributed by atoms with E-state index in [1.807, 2.05) is 54.3 Å². The molecule has 1 aromatic heterocycles. The van der Waals surface area contributed by atoms with Crippen LogP contribution in [-0.4, -0.2) is 68.9 Å². The molecule has 1 fully saturated rings. The molecule has 34 heavy (non-hydrogen) atoms. The Balaban J connectivity index is 0.00000324. The van der Waals surface area contributed by atoms with Gasteiger partial charge in [0.15, 0.2) is 5.13 Å². The van der Waals surface area contributed by atoms with Crippen molar-refractivity contribution in [3.63, 3.8) is 0 Å². The Bertz CT molecular complexity index is 1050. The van der Waals surface area contributed by atoms with E-state index in [9.17, 15) is 4.79 Å². The highest BCUT2D eigenvalue weighted by atomic mass is 35.5. The highest BCUT2D eigenvalue weighted by Gasteiger charge is 2.21. The lowest BCUT2D eigenvalue weighted by molar-refractivity contribution is -0.118. The van der Waals surface area contributed by atoms with E-state index in [2.05, 4.69) is 4.90 Å². The van der Waals surface area contributed by atoms with E-state index in [0.717, 1.165) is 71.7 Å². The van der Waals surface area contributed by atoms with Gasteiger partial charge in [0.1, 0.15) is 11.5 Å². The largest absolute Gasteiger partial charge is 0.497 e. The quantitative estimate of drug-likeness (QED) is 0.406. The van der Waals surface area contributed by atoms with Gasteiger partial charge in [0, 0.05) is 32.2 Å². The maximum absolute atomic E-state index is 13.4. The second kappa shape index (κ2) is 12.9. The van der Waals surface area contributed by atoms with Gasteiger partial charge in [0.2, 0.25) is 5.91 Å². The van der Waals surface area contributed by atoms with Gasteiger partial charge in [0.05, 0.1) is 43.6 Å². The van der Waals surface area contributed by atoms with E-state index in [1.54, 1.807) is 18.4 Å². The third-order valence-electron chi connectivity index (χ3n) is 5.66. The number of thiazole rings is 1. The zero-order valence-electron chi connectivity index (χ0n) is 19.7. The number of halogens is 1. The smallest absolute Gasteiger partial charge is 0.233 e. The van der Waals surface area contributed by atoms with Crippen molar-refractivity contribution in [1.82, 2.24) is 9.88 Å². The number of hydrogen-bond acceptors (Lipinski definition) is 7. The Kier molecular flexibility index (Phi) is 9.95. The molecule has 0 atom stereocenters. The van der Waals surface area contributed by atoms with Gasteiger partial charge in [-0.25, -0.2) is 4.98 Å². The van der Waals surface area contributed by atoms with Crippen LogP contribution in [0.3, 0.4) is 0 Å². The number of benzene rings is 2. The average molecular weight is 506 g/mol. The summed E-state index contributed by atoms with van der Waals surface area (Å²) < 4.78 is 17.3. The van der Waals surface area contributed by atoms with Crippen molar-refractivity contribution < 1.29 is 19.0 Å². The fraction of sp³-hybridized carbons (Fsp3) is 0.440. The molecular weight excluding hydrogens is 474 g/mol. The van der Waals surface area contributed by atoms with Crippen LogP contribution in [0.2, 0.25) is 0 Å². The number of carbonyl (C=O) groups is 1. The van der Waals surface area contributed by atoms with E-state index in [1.165, 1.54) is 0 Å². The Morgan fingerprint density at radius 2 is 1.88 bits per heavy atom. The lowest BCUT2D eigenvalue weighted by Gasteiger charge is -2.27. The molecular formula is C25H32ClN3O4S. The molecule has 0 saturated carbocycles. The highest BCUT2D eigenvalue weighted by molar-refractivity contribution is 7.22. The fourth-order valence-corrected chi connectivity index (χ4v) is 4.87. The summed E-state index contributed by atoms with van der Waals surface area (Å²) in [4.78, 5) is 22.4. The molecule has 7 nitrogen and oxygen atoms in total. The molecule has 184 valence electrons. The fourth-order valence-electron chi connectivity index (χ4n) is 3.88. The highest BCUT2D eigenvalue weighted by Crippen LogP contribution is 2.31. The molecule has 0 radical (unpaired) electrons. The van der Waals surface area contributed by atoms with E-state index in [4.69, 9.17) is 19.2 Å². The van der Waals surface area contributed by atoms with E-state index < -0.39 is 0 Å². The Morgan fingerprint density at radius 3 is 2.59 bits per heavy atom. The zero-order chi connectivity index (χ0) is 23.0. The molecule has 0 aliphatic carbocycles. The summed E-state index contributed by atoms with van der Waals surface area (Å²) in [5.74, 6) is 1.63. The summed E-state index contributed by atoms with van der Waals surface area (Å²) in [7, 11) is 1.65. The van der Waals surface area contributed by atoms with Crippen molar-refractivity contribution in [2.24, 2.45) is 0 Å². The van der Waals surface area contributed by atoms with Crippen LogP contribution in [0.15, 0.2) is 42.5 Å². The number of ether oxygens (including phenoxy) is 3. The molecule has 1 amide bonds. The molecule has 1 aliphatic heterocycles. The first kappa shape index (κ1) is 26.2. The lowest BCUT2D eigenvalue weighted by Crippen LogP contribution is -2.39. The molecule has 0 N–H and O–H groups in total. The summed E-state index contributed by atoms with van der Waals surface area (Å²) in [5, 5.41) is 0.733. The number of carbonyl (C=O) groups excluding carboxylic acids is 1. The number of rotatable bonds is 10. The molecule has 2 heterocycles. The average Bonchev–Trinajstić information content (AvgIpc) is 3.26. The summed E-state index contributed by atoms with van der Waals surface area (Å²) in [6.07, 6.45) is 1.21. The number of methoxy groups -OCH3 is 1. The summed E-state index contributed by atoms with van der Waals surface area (Å²) in [5.41, 5.74) is 1.81. The maximum Gasteiger partial charge on any atom is 0.233 e. The third-order valence-corrected chi connectivity index (χ3v) is 6.72. The number of amides is 1. The van der Waals surface area contributed by atoms with Crippen LogP contribution in [0.25, 0.3) is 10.2 Å². The van der Waals surface area contributed by atoms with Crippen molar-refractivity contribution >= 4 is 45.0 Å². The van der Waals surface area contributed by atoms with E-state index >= 15 is 0 Å². The molecule has 0 bridgehead atoms. The van der Waals surface area contributed by atoms with Gasteiger partial charge in [-0.2, -0.15) is 0 Å². The first-order chi connectivity index (χ1) is 16.2. The van der Waals surface area contributed by atoms with Crippen LogP contribution in [0, 0.1) is 0 Å². The summed E-state index contributed by atoms with van der Waals surface area (Å²) in [6, 6.07) is 13.6. The molecule has 9 heteroatoms. The van der Waals surface area contributed by atoms with Gasteiger partial charge in [0.25, 0.3) is 0 Å². The molecule has 0 spiro atoms. The minimum Gasteiger partial charge on any atom is -0.497 e. The van der Waals surface area contributed by atoms with Crippen molar-refractivity contribution in [2.45, 2.75) is 19.8 Å². The van der Waals surface area contributed by atoms with Crippen LogP contribution in [0.1, 0.15) is 18.9 Å². The SMILES string of the molecule is CCOc1ccc(CC(=O)N(CCCN2CCOCC2)c2nc3cc(OC)ccc3s2)cc1.Cl. The van der Waals surface area contributed by atoms with Crippen LogP contribution in [0.4, 0.5) is 5.13 Å². The Hall–Kier alpha value is -2.39. The number of aromatic nitrogens is 1. The van der Waals surface area contributed by atoms with Crippen molar-refractivity contribution in [3.8, 4) is 11.5 Å².